The standard InChI is InChI=1S/C16H20F3NO3/c1-9(14(21)20-11(3)10(2)15(22)23)8-12-4-6-13(7-5-12)16(17,18)19/h4-7,9-11H,8H2,1-3H3,(H,20,21)(H,22,23). The van der Waals surface area contributed by atoms with E-state index in [1.54, 1.807) is 13.8 Å². The molecule has 2 N–H and O–H groups in total. The maximum absolute atomic E-state index is 12.5. The third kappa shape index (κ3) is 5.58. The number of rotatable bonds is 6. The highest BCUT2D eigenvalue weighted by Crippen LogP contribution is 2.29. The first-order valence-corrected chi connectivity index (χ1v) is 7.21. The van der Waals surface area contributed by atoms with Gasteiger partial charge >= 0.3 is 12.1 Å². The molecule has 3 atom stereocenters. The molecule has 0 aromatic heterocycles. The van der Waals surface area contributed by atoms with Gasteiger partial charge in [0.1, 0.15) is 0 Å². The second kappa shape index (κ2) is 7.48. The van der Waals surface area contributed by atoms with Gasteiger partial charge in [0, 0.05) is 12.0 Å². The molecule has 0 saturated heterocycles. The van der Waals surface area contributed by atoms with Gasteiger partial charge in [-0.3, -0.25) is 9.59 Å². The molecule has 4 nitrogen and oxygen atoms in total. The van der Waals surface area contributed by atoms with Crippen LogP contribution in [0.2, 0.25) is 0 Å². The van der Waals surface area contributed by atoms with Crippen molar-refractivity contribution < 1.29 is 27.9 Å². The number of alkyl halides is 3. The monoisotopic (exact) mass is 331 g/mol. The zero-order valence-electron chi connectivity index (χ0n) is 13.1. The molecule has 7 heteroatoms. The second-order valence-corrected chi connectivity index (χ2v) is 5.72. The molecule has 0 aliphatic carbocycles. The van der Waals surface area contributed by atoms with Crippen molar-refractivity contribution in [3.05, 3.63) is 35.4 Å². The lowest BCUT2D eigenvalue weighted by atomic mass is 9.97. The highest BCUT2D eigenvalue weighted by molar-refractivity contribution is 5.80. The van der Waals surface area contributed by atoms with Gasteiger partial charge in [0.15, 0.2) is 0 Å². The van der Waals surface area contributed by atoms with E-state index in [4.69, 9.17) is 5.11 Å². The molecule has 128 valence electrons. The van der Waals surface area contributed by atoms with Crippen molar-refractivity contribution in [3.8, 4) is 0 Å². The zero-order valence-corrected chi connectivity index (χ0v) is 13.1. The van der Waals surface area contributed by atoms with Crippen molar-refractivity contribution in [2.45, 2.75) is 39.4 Å². The normalized spacial score (nSPS) is 15.6. The van der Waals surface area contributed by atoms with E-state index in [1.165, 1.54) is 19.1 Å². The third-order valence-electron chi connectivity index (χ3n) is 3.78. The lowest BCUT2D eigenvalue weighted by Gasteiger charge is -2.20. The Kier molecular flexibility index (Phi) is 6.18. The molecular formula is C16H20F3NO3. The summed E-state index contributed by atoms with van der Waals surface area (Å²) in [4.78, 5) is 22.9. The van der Waals surface area contributed by atoms with Crippen LogP contribution in [0.15, 0.2) is 24.3 Å². The molecular weight excluding hydrogens is 311 g/mol. The first-order valence-electron chi connectivity index (χ1n) is 7.21. The number of hydrogen-bond donors (Lipinski definition) is 2. The zero-order chi connectivity index (χ0) is 17.8. The SMILES string of the molecule is CC(Cc1ccc(C(F)(F)F)cc1)C(=O)NC(C)C(C)C(=O)O. The van der Waals surface area contributed by atoms with Gasteiger partial charge in [0.25, 0.3) is 0 Å². The third-order valence-corrected chi connectivity index (χ3v) is 3.78. The van der Waals surface area contributed by atoms with E-state index in [2.05, 4.69) is 5.32 Å². The van der Waals surface area contributed by atoms with Gasteiger partial charge in [-0.1, -0.05) is 19.1 Å². The van der Waals surface area contributed by atoms with E-state index in [9.17, 15) is 22.8 Å². The topological polar surface area (TPSA) is 66.4 Å². The molecule has 1 aromatic rings. The molecule has 0 aliphatic heterocycles. The Balaban J connectivity index is 2.63. The van der Waals surface area contributed by atoms with Gasteiger partial charge in [0.05, 0.1) is 11.5 Å². The fraction of sp³-hybridized carbons (Fsp3) is 0.500. The molecule has 23 heavy (non-hydrogen) atoms. The Morgan fingerprint density at radius 1 is 1.13 bits per heavy atom. The highest BCUT2D eigenvalue weighted by atomic mass is 19.4. The number of carboxylic acids is 1. The van der Waals surface area contributed by atoms with Crippen LogP contribution in [0.1, 0.15) is 31.9 Å². The summed E-state index contributed by atoms with van der Waals surface area (Å²) in [6, 6.07) is 4.12. The van der Waals surface area contributed by atoms with Crippen molar-refractivity contribution in [1.82, 2.24) is 5.32 Å². The number of carboxylic acid groups (broad SMARTS) is 1. The molecule has 0 aliphatic rings. The van der Waals surface area contributed by atoms with Crippen LogP contribution in [0.3, 0.4) is 0 Å². The smallest absolute Gasteiger partial charge is 0.416 e. The first-order chi connectivity index (χ1) is 10.5. The largest absolute Gasteiger partial charge is 0.481 e. The fourth-order valence-corrected chi connectivity index (χ4v) is 1.98. The van der Waals surface area contributed by atoms with Crippen LogP contribution < -0.4 is 5.32 Å². The quantitative estimate of drug-likeness (QED) is 0.842. The average Bonchev–Trinajstić information content (AvgIpc) is 2.45. The summed E-state index contributed by atoms with van der Waals surface area (Å²) in [5, 5.41) is 11.5. The van der Waals surface area contributed by atoms with Crippen molar-refractivity contribution in [2.24, 2.45) is 11.8 Å². The number of benzene rings is 1. The molecule has 0 saturated carbocycles. The number of carbonyl (C=O) groups excluding carboxylic acids is 1. The number of aliphatic carboxylic acids is 1. The fourth-order valence-electron chi connectivity index (χ4n) is 1.98. The van der Waals surface area contributed by atoms with Gasteiger partial charge in [0.2, 0.25) is 5.91 Å². The molecule has 0 bridgehead atoms. The van der Waals surface area contributed by atoms with Crippen LogP contribution in [0.5, 0.6) is 0 Å². The van der Waals surface area contributed by atoms with E-state index in [-0.39, 0.29) is 12.3 Å². The Morgan fingerprint density at radius 3 is 2.09 bits per heavy atom. The maximum atomic E-state index is 12.5. The van der Waals surface area contributed by atoms with Crippen LogP contribution in [0.4, 0.5) is 13.2 Å². The maximum Gasteiger partial charge on any atom is 0.416 e. The van der Waals surface area contributed by atoms with Gasteiger partial charge in [-0.2, -0.15) is 13.2 Å². The van der Waals surface area contributed by atoms with E-state index in [1.807, 2.05) is 0 Å². The Bertz CT molecular complexity index is 555. The van der Waals surface area contributed by atoms with Gasteiger partial charge in [-0.05, 0) is 38.0 Å². The van der Waals surface area contributed by atoms with Gasteiger partial charge < -0.3 is 10.4 Å². The summed E-state index contributed by atoms with van der Waals surface area (Å²) in [7, 11) is 0. The minimum absolute atomic E-state index is 0.276. The van der Waals surface area contributed by atoms with Gasteiger partial charge in [-0.25, -0.2) is 0 Å². The minimum Gasteiger partial charge on any atom is -0.481 e. The molecule has 1 rings (SSSR count). The Morgan fingerprint density at radius 2 is 1.65 bits per heavy atom. The summed E-state index contributed by atoms with van der Waals surface area (Å²) in [5.74, 6) is -2.54. The van der Waals surface area contributed by atoms with Gasteiger partial charge in [-0.15, -0.1) is 0 Å². The van der Waals surface area contributed by atoms with Crippen molar-refractivity contribution in [3.63, 3.8) is 0 Å². The predicted molar refractivity (Wildman–Crippen MR) is 78.7 cm³/mol. The van der Waals surface area contributed by atoms with Crippen LogP contribution in [-0.2, 0) is 22.2 Å². The van der Waals surface area contributed by atoms with Crippen LogP contribution in [-0.4, -0.2) is 23.0 Å². The summed E-state index contributed by atoms with van der Waals surface area (Å²) in [6.45, 7) is 4.74. The van der Waals surface area contributed by atoms with Crippen molar-refractivity contribution >= 4 is 11.9 Å². The van der Waals surface area contributed by atoms with Crippen molar-refractivity contribution in [1.29, 1.82) is 0 Å². The highest BCUT2D eigenvalue weighted by Gasteiger charge is 2.30. The number of carbonyl (C=O) groups is 2. The first kappa shape index (κ1) is 19.0. The molecule has 3 unspecified atom stereocenters. The average molecular weight is 331 g/mol. The van der Waals surface area contributed by atoms with Crippen LogP contribution in [0, 0.1) is 11.8 Å². The van der Waals surface area contributed by atoms with E-state index in [0.717, 1.165) is 12.1 Å². The van der Waals surface area contributed by atoms with Crippen LogP contribution in [0.25, 0.3) is 0 Å². The summed E-state index contributed by atoms with van der Waals surface area (Å²) >= 11 is 0. The summed E-state index contributed by atoms with van der Waals surface area (Å²) < 4.78 is 37.4. The molecule has 1 aromatic carbocycles. The lowest BCUT2D eigenvalue weighted by Crippen LogP contribution is -2.42. The number of halogens is 3. The Labute approximate surface area is 132 Å². The molecule has 1 amide bonds. The van der Waals surface area contributed by atoms with E-state index < -0.39 is 35.6 Å². The van der Waals surface area contributed by atoms with Crippen molar-refractivity contribution in [2.75, 3.05) is 0 Å². The Hall–Kier alpha value is -2.05. The number of nitrogens with one attached hydrogen (secondary N) is 1. The van der Waals surface area contributed by atoms with E-state index in [0.29, 0.717) is 5.56 Å². The minimum atomic E-state index is -4.38. The molecule has 0 spiro atoms. The molecule has 0 radical (unpaired) electrons. The lowest BCUT2D eigenvalue weighted by molar-refractivity contribution is -0.142. The molecule has 0 heterocycles. The molecule has 0 fully saturated rings. The second-order valence-electron chi connectivity index (χ2n) is 5.72. The van der Waals surface area contributed by atoms with Crippen LogP contribution >= 0.6 is 0 Å². The number of hydrogen-bond acceptors (Lipinski definition) is 2. The summed E-state index contributed by atoms with van der Waals surface area (Å²) in [6.07, 6.45) is -4.11. The van der Waals surface area contributed by atoms with E-state index >= 15 is 0 Å². The number of amides is 1. The summed E-state index contributed by atoms with van der Waals surface area (Å²) in [5.41, 5.74) is -0.123. The predicted octanol–water partition coefficient (Wildman–Crippen LogP) is 3.11.